The van der Waals surface area contributed by atoms with Crippen molar-refractivity contribution in [2.75, 3.05) is 0 Å². The van der Waals surface area contributed by atoms with Gasteiger partial charge in [0.2, 0.25) is 0 Å². The molecule has 7 nitrogen and oxygen atoms in total. The fourth-order valence-corrected chi connectivity index (χ4v) is 5.50. The maximum absolute atomic E-state index is 13.5. The van der Waals surface area contributed by atoms with E-state index in [0.29, 0.717) is 37.0 Å². The van der Waals surface area contributed by atoms with E-state index < -0.39 is 0 Å². The molecule has 10 heteroatoms. The van der Waals surface area contributed by atoms with Gasteiger partial charge in [0.1, 0.15) is 10.3 Å². The number of rotatable bonds is 4. The second kappa shape index (κ2) is 8.16. The Morgan fingerprint density at radius 3 is 2.56 bits per heavy atom. The largest absolute Gasteiger partial charge is 0.278 e. The number of benzene rings is 2. The molecule has 32 heavy (non-hydrogen) atoms. The van der Waals surface area contributed by atoms with Crippen LogP contribution in [0, 0.1) is 13.8 Å². The molecule has 0 radical (unpaired) electrons. The van der Waals surface area contributed by atoms with Gasteiger partial charge >= 0.3 is 0 Å². The van der Waals surface area contributed by atoms with E-state index in [2.05, 4.69) is 10.3 Å². The highest BCUT2D eigenvalue weighted by atomic mass is 35.5. The van der Waals surface area contributed by atoms with Crippen molar-refractivity contribution in [3.63, 3.8) is 0 Å². The van der Waals surface area contributed by atoms with Crippen LogP contribution >= 0.6 is 34.7 Å². The van der Waals surface area contributed by atoms with Crippen molar-refractivity contribution >= 4 is 55.8 Å². The normalized spacial score (nSPS) is 11.5. The average Bonchev–Trinajstić information content (AvgIpc) is 3.08. The number of thiophene rings is 1. The van der Waals surface area contributed by atoms with E-state index in [0.717, 1.165) is 10.4 Å². The molecule has 0 atom stereocenters. The van der Waals surface area contributed by atoms with Gasteiger partial charge in [-0.05, 0) is 55.8 Å². The molecule has 0 fully saturated rings. The van der Waals surface area contributed by atoms with Crippen LogP contribution in [0.3, 0.4) is 0 Å². The topological polar surface area (TPSA) is 82.7 Å². The second-order valence-corrected chi connectivity index (χ2v) is 9.71. The summed E-state index contributed by atoms with van der Waals surface area (Å²) in [6, 6.07) is 14.1. The molecule has 0 bridgehead atoms. The van der Waals surface area contributed by atoms with Crippen LogP contribution in [0.15, 0.2) is 63.3 Å². The first-order chi connectivity index (χ1) is 15.4. The van der Waals surface area contributed by atoms with Crippen molar-refractivity contribution in [2.45, 2.75) is 24.9 Å². The number of halogens is 1. The molecule has 5 rings (SSSR count). The summed E-state index contributed by atoms with van der Waals surface area (Å²) in [7, 11) is 0. The van der Waals surface area contributed by atoms with Crippen molar-refractivity contribution in [3.05, 3.63) is 84.7 Å². The molecule has 0 aliphatic rings. The van der Waals surface area contributed by atoms with Gasteiger partial charge < -0.3 is 0 Å². The number of aromatic nitrogens is 5. The van der Waals surface area contributed by atoms with E-state index >= 15 is 0 Å². The monoisotopic (exact) mass is 481 g/mol. The number of aryl methyl sites for hydroxylation is 2. The van der Waals surface area contributed by atoms with Crippen molar-refractivity contribution < 1.29 is 0 Å². The minimum atomic E-state index is -0.243. The van der Waals surface area contributed by atoms with Gasteiger partial charge in [0.15, 0.2) is 5.16 Å². The first kappa shape index (κ1) is 20.9. The summed E-state index contributed by atoms with van der Waals surface area (Å²) in [5.74, 6) is 0.158. The Labute approximate surface area is 195 Å². The molecule has 0 saturated carbocycles. The zero-order valence-electron chi connectivity index (χ0n) is 17.1. The third-order valence-electron chi connectivity index (χ3n) is 5.20. The molecule has 3 heterocycles. The van der Waals surface area contributed by atoms with Crippen molar-refractivity contribution in [1.29, 1.82) is 0 Å². The Kier molecular flexibility index (Phi) is 5.32. The van der Waals surface area contributed by atoms with Gasteiger partial charge in [-0.25, -0.2) is 4.98 Å². The lowest BCUT2D eigenvalue weighted by molar-refractivity contribution is 0.642. The van der Waals surface area contributed by atoms with E-state index in [1.807, 2.05) is 19.9 Å². The number of nitrogens with zero attached hydrogens (tertiary/aromatic N) is 5. The average molecular weight is 482 g/mol. The maximum Gasteiger partial charge on any atom is 0.278 e. The van der Waals surface area contributed by atoms with Crippen molar-refractivity contribution in [2.24, 2.45) is 0 Å². The fraction of sp³-hybridized carbons (Fsp3) is 0.136. The smallest absolute Gasteiger partial charge is 0.268 e. The quantitative estimate of drug-likeness (QED) is 0.276. The first-order valence-electron chi connectivity index (χ1n) is 9.68. The number of hydrogen-bond donors (Lipinski definition) is 0. The Bertz CT molecular complexity index is 1610. The lowest BCUT2D eigenvalue weighted by Gasteiger charge is -2.13. The van der Waals surface area contributed by atoms with Crippen LogP contribution in [0.4, 0.5) is 0 Å². The van der Waals surface area contributed by atoms with Gasteiger partial charge in [0.05, 0.1) is 22.3 Å². The molecule has 160 valence electrons. The first-order valence-corrected chi connectivity index (χ1v) is 11.9. The van der Waals surface area contributed by atoms with Crippen molar-refractivity contribution in [3.8, 4) is 5.69 Å². The zero-order valence-corrected chi connectivity index (χ0v) is 19.5. The third kappa shape index (κ3) is 3.52. The Morgan fingerprint density at radius 1 is 1.03 bits per heavy atom. The summed E-state index contributed by atoms with van der Waals surface area (Å²) >= 11 is 8.79. The molecule has 0 unspecified atom stereocenters. The van der Waals surface area contributed by atoms with E-state index in [4.69, 9.17) is 16.6 Å². The van der Waals surface area contributed by atoms with Crippen LogP contribution in [-0.2, 0) is 5.88 Å². The Morgan fingerprint density at radius 2 is 1.78 bits per heavy atom. The summed E-state index contributed by atoms with van der Waals surface area (Å²) in [5, 5.41) is 10.3. The third-order valence-corrected chi connectivity index (χ3v) is 7.46. The number of hydrogen-bond acceptors (Lipinski definition) is 7. The van der Waals surface area contributed by atoms with E-state index in [1.165, 1.54) is 27.8 Å². The highest BCUT2D eigenvalue weighted by molar-refractivity contribution is 7.98. The minimum Gasteiger partial charge on any atom is -0.268 e. The zero-order chi connectivity index (χ0) is 22.4. The summed E-state index contributed by atoms with van der Waals surface area (Å²) in [4.78, 5) is 32.8. The van der Waals surface area contributed by atoms with E-state index in [-0.39, 0.29) is 17.0 Å². The van der Waals surface area contributed by atoms with E-state index in [9.17, 15) is 9.59 Å². The van der Waals surface area contributed by atoms with Gasteiger partial charge in [-0.2, -0.15) is 4.68 Å². The Balaban J connectivity index is 1.64. The van der Waals surface area contributed by atoms with Crippen molar-refractivity contribution in [1.82, 2.24) is 24.5 Å². The van der Waals surface area contributed by atoms with Gasteiger partial charge in [0, 0.05) is 9.90 Å². The molecule has 0 saturated heterocycles. The molecular formula is C22H16ClN5O2S2. The predicted molar refractivity (Wildman–Crippen MR) is 129 cm³/mol. The highest BCUT2D eigenvalue weighted by Gasteiger charge is 2.18. The molecule has 0 spiro atoms. The lowest BCUT2D eigenvalue weighted by atomic mass is 10.2. The van der Waals surface area contributed by atoms with Gasteiger partial charge in [0.25, 0.3) is 11.1 Å². The molecular weight excluding hydrogens is 466 g/mol. The van der Waals surface area contributed by atoms with Gasteiger partial charge in [-0.15, -0.1) is 16.4 Å². The summed E-state index contributed by atoms with van der Waals surface area (Å²) in [6.45, 7) is 3.91. The summed E-state index contributed by atoms with van der Waals surface area (Å²) in [6.07, 6.45) is 0. The molecule has 0 N–H and O–H groups in total. The molecule has 0 aliphatic carbocycles. The summed E-state index contributed by atoms with van der Waals surface area (Å²) in [5.41, 5.74) is 1.72. The van der Waals surface area contributed by atoms with Crippen LogP contribution in [0.25, 0.3) is 26.8 Å². The highest BCUT2D eigenvalue weighted by Crippen LogP contribution is 2.30. The number of fused-ring (bicyclic) bond motifs is 2. The Hall–Kier alpha value is -3.01. The van der Waals surface area contributed by atoms with Crippen LogP contribution in [0.1, 0.15) is 10.4 Å². The summed E-state index contributed by atoms with van der Waals surface area (Å²) < 4.78 is 2.84. The predicted octanol–water partition coefficient (Wildman–Crippen LogP) is 4.57. The van der Waals surface area contributed by atoms with E-state index in [1.54, 1.807) is 47.0 Å². The van der Waals surface area contributed by atoms with Crippen LogP contribution < -0.4 is 11.1 Å². The molecule has 0 amide bonds. The van der Waals surface area contributed by atoms with Crippen LogP contribution in [-0.4, -0.2) is 24.5 Å². The fourth-order valence-electron chi connectivity index (χ4n) is 3.42. The molecule has 0 aliphatic heterocycles. The standard InChI is InChI=1S/C22H16ClN5O2S2/c1-12-13(2)32-19-18(12)21(30)28(15-9-7-14(23)8-10-15)22(24-19)31-11-27-20(29)16-5-3-4-6-17(16)25-26-27/h3-10H,11H2,1-2H3. The molecule has 3 aromatic heterocycles. The van der Waals surface area contributed by atoms with Gasteiger partial charge in [-0.3, -0.25) is 14.2 Å². The second-order valence-electron chi connectivity index (χ2n) is 7.16. The molecule has 5 aromatic rings. The maximum atomic E-state index is 13.5. The molecule has 2 aromatic carbocycles. The SMILES string of the molecule is Cc1sc2nc(SCn3nnc4ccccc4c3=O)n(-c3ccc(Cl)cc3)c(=O)c2c1C. The number of thioether (sulfide) groups is 1. The van der Waals surface area contributed by atoms with Crippen LogP contribution in [0.5, 0.6) is 0 Å². The van der Waals surface area contributed by atoms with Crippen LogP contribution in [0.2, 0.25) is 5.02 Å². The minimum absolute atomic E-state index is 0.154. The van der Waals surface area contributed by atoms with Gasteiger partial charge in [-0.1, -0.05) is 40.7 Å². The lowest BCUT2D eigenvalue weighted by Crippen LogP contribution is -2.25.